The van der Waals surface area contributed by atoms with Crippen LogP contribution >= 0.6 is 0 Å². The van der Waals surface area contributed by atoms with Crippen LogP contribution in [0.15, 0.2) is 60.7 Å². The van der Waals surface area contributed by atoms with Crippen molar-refractivity contribution < 1.29 is 24.2 Å². The molecule has 7 nitrogen and oxygen atoms in total. The van der Waals surface area contributed by atoms with Crippen molar-refractivity contribution in [2.75, 3.05) is 26.4 Å². The van der Waals surface area contributed by atoms with E-state index in [9.17, 15) is 9.59 Å². The second-order valence-electron chi connectivity index (χ2n) is 6.08. The summed E-state index contributed by atoms with van der Waals surface area (Å²) in [5.74, 6) is -0.326. The van der Waals surface area contributed by atoms with Gasteiger partial charge in [0.2, 0.25) is 5.91 Å². The van der Waals surface area contributed by atoms with Gasteiger partial charge in [-0.1, -0.05) is 60.7 Å². The summed E-state index contributed by atoms with van der Waals surface area (Å²) in [7, 11) is 0. The Bertz CT molecular complexity index is 709. The molecular formula is C21H26N2O5. The second-order valence-corrected chi connectivity index (χ2v) is 6.08. The fraction of sp³-hybridized carbons (Fsp3) is 0.333. The van der Waals surface area contributed by atoms with Crippen molar-refractivity contribution in [1.29, 1.82) is 0 Å². The van der Waals surface area contributed by atoms with E-state index in [-0.39, 0.29) is 38.9 Å². The molecule has 150 valence electrons. The van der Waals surface area contributed by atoms with Gasteiger partial charge in [0.05, 0.1) is 19.8 Å². The van der Waals surface area contributed by atoms with Crippen LogP contribution in [0.5, 0.6) is 0 Å². The van der Waals surface area contributed by atoms with E-state index in [1.54, 1.807) is 0 Å². The number of aliphatic hydroxyl groups is 1. The minimum absolute atomic E-state index is 0.0701. The highest BCUT2D eigenvalue weighted by Crippen LogP contribution is 2.05. The van der Waals surface area contributed by atoms with Crippen molar-refractivity contribution in [1.82, 2.24) is 10.6 Å². The standard InChI is InChI=1S/C21H26N2O5/c24-12-14-27-13-11-22-20(25)19(15-17-7-3-1-4-8-17)23-21(26)28-16-18-9-5-2-6-10-18/h1-10,19,24H,11-16H2,(H,22,25)(H,23,26). The quantitative estimate of drug-likeness (QED) is 0.510. The molecule has 0 aliphatic rings. The Labute approximate surface area is 164 Å². The number of rotatable bonds is 11. The SMILES string of the molecule is O=C(NC(Cc1ccccc1)C(=O)NCCOCCO)OCc1ccccc1. The van der Waals surface area contributed by atoms with Crippen LogP contribution < -0.4 is 10.6 Å². The lowest BCUT2D eigenvalue weighted by atomic mass is 10.1. The van der Waals surface area contributed by atoms with Crippen molar-refractivity contribution in [3.8, 4) is 0 Å². The van der Waals surface area contributed by atoms with Gasteiger partial charge in [0, 0.05) is 13.0 Å². The molecule has 2 aromatic carbocycles. The first kappa shape index (κ1) is 21.4. The molecule has 0 radical (unpaired) electrons. The molecule has 0 fully saturated rings. The molecule has 1 unspecified atom stereocenters. The zero-order chi connectivity index (χ0) is 20.0. The number of alkyl carbamates (subject to hydrolysis) is 1. The maximum atomic E-state index is 12.5. The zero-order valence-electron chi connectivity index (χ0n) is 15.7. The van der Waals surface area contributed by atoms with Crippen LogP contribution in [0.4, 0.5) is 4.79 Å². The highest BCUT2D eigenvalue weighted by molar-refractivity contribution is 5.85. The van der Waals surface area contributed by atoms with E-state index in [0.29, 0.717) is 6.42 Å². The minimum atomic E-state index is -0.775. The van der Waals surface area contributed by atoms with E-state index in [2.05, 4.69) is 10.6 Å². The molecule has 0 saturated heterocycles. The van der Waals surface area contributed by atoms with Gasteiger partial charge >= 0.3 is 6.09 Å². The number of amides is 2. The normalized spacial score (nSPS) is 11.5. The molecule has 7 heteroatoms. The van der Waals surface area contributed by atoms with Gasteiger partial charge in [-0.05, 0) is 11.1 Å². The first-order valence-electron chi connectivity index (χ1n) is 9.16. The highest BCUT2D eigenvalue weighted by Gasteiger charge is 2.21. The maximum Gasteiger partial charge on any atom is 0.408 e. The lowest BCUT2D eigenvalue weighted by molar-refractivity contribution is -0.123. The van der Waals surface area contributed by atoms with Crippen LogP contribution in [0.1, 0.15) is 11.1 Å². The lowest BCUT2D eigenvalue weighted by Gasteiger charge is -2.18. The van der Waals surface area contributed by atoms with Gasteiger partial charge < -0.3 is 25.2 Å². The third kappa shape index (κ3) is 8.20. The Kier molecular flexibility index (Phi) is 9.54. The predicted molar refractivity (Wildman–Crippen MR) is 105 cm³/mol. The summed E-state index contributed by atoms with van der Waals surface area (Å²) in [6, 6.07) is 18.0. The number of carbonyl (C=O) groups is 2. The van der Waals surface area contributed by atoms with Gasteiger partial charge in [-0.2, -0.15) is 0 Å². The number of carbonyl (C=O) groups excluding carboxylic acids is 2. The predicted octanol–water partition coefficient (Wildman–Crippen LogP) is 1.65. The lowest BCUT2D eigenvalue weighted by Crippen LogP contribution is -2.48. The first-order valence-corrected chi connectivity index (χ1v) is 9.16. The molecule has 0 spiro atoms. The Hall–Kier alpha value is -2.90. The Morgan fingerprint density at radius 2 is 1.57 bits per heavy atom. The van der Waals surface area contributed by atoms with Crippen LogP contribution in [-0.2, 0) is 27.3 Å². The van der Waals surface area contributed by atoms with Gasteiger partial charge in [-0.25, -0.2) is 4.79 Å². The van der Waals surface area contributed by atoms with Crippen LogP contribution in [-0.4, -0.2) is 49.5 Å². The van der Waals surface area contributed by atoms with Crippen LogP contribution in [0.3, 0.4) is 0 Å². The highest BCUT2D eigenvalue weighted by atomic mass is 16.5. The van der Waals surface area contributed by atoms with Crippen LogP contribution in [0.25, 0.3) is 0 Å². The van der Waals surface area contributed by atoms with E-state index in [0.717, 1.165) is 11.1 Å². The zero-order valence-corrected chi connectivity index (χ0v) is 15.7. The van der Waals surface area contributed by atoms with Crippen LogP contribution in [0, 0.1) is 0 Å². The Balaban J connectivity index is 1.89. The Morgan fingerprint density at radius 3 is 2.21 bits per heavy atom. The average molecular weight is 386 g/mol. The number of nitrogens with one attached hydrogen (secondary N) is 2. The Morgan fingerprint density at radius 1 is 0.929 bits per heavy atom. The first-order chi connectivity index (χ1) is 13.7. The van der Waals surface area contributed by atoms with Crippen molar-refractivity contribution >= 4 is 12.0 Å². The molecule has 0 aromatic heterocycles. The van der Waals surface area contributed by atoms with Gasteiger partial charge in [-0.3, -0.25) is 4.79 Å². The third-order valence-corrected chi connectivity index (χ3v) is 3.89. The molecule has 1 atom stereocenters. The van der Waals surface area contributed by atoms with Gasteiger partial charge in [0.1, 0.15) is 12.6 Å². The summed E-state index contributed by atoms with van der Waals surface area (Å²) >= 11 is 0. The van der Waals surface area contributed by atoms with Crippen molar-refractivity contribution in [2.24, 2.45) is 0 Å². The summed E-state index contributed by atoms with van der Waals surface area (Å²) in [5, 5.41) is 14.0. The summed E-state index contributed by atoms with van der Waals surface area (Å²) < 4.78 is 10.3. The molecule has 28 heavy (non-hydrogen) atoms. The number of aliphatic hydroxyl groups excluding tert-OH is 1. The number of hydrogen-bond donors (Lipinski definition) is 3. The van der Waals surface area contributed by atoms with Gasteiger partial charge in [0.15, 0.2) is 0 Å². The largest absolute Gasteiger partial charge is 0.445 e. The molecule has 2 aromatic rings. The molecule has 0 aliphatic heterocycles. The molecule has 2 rings (SSSR count). The van der Waals surface area contributed by atoms with Crippen molar-refractivity contribution in [2.45, 2.75) is 19.1 Å². The summed E-state index contributed by atoms with van der Waals surface area (Å²) in [6.07, 6.45) is -0.318. The van der Waals surface area contributed by atoms with E-state index in [1.807, 2.05) is 60.7 Å². The molecule has 0 heterocycles. The maximum absolute atomic E-state index is 12.5. The number of benzene rings is 2. The number of hydrogen-bond acceptors (Lipinski definition) is 5. The van der Waals surface area contributed by atoms with Gasteiger partial charge in [-0.15, -0.1) is 0 Å². The summed E-state index contributed by atoms with van der Waals surface area (Å²) in [6.45, 7) is 0.835. The third-order valence-electron chi connectivity index (χ3n) is 3.89. The summed E-state index contributed by atoms with van der Waals surface area (Å²) in [5.41, 5.74) is 1.78. The van der Waals surface area contributed by atoms with Gasteiger partial charge in [0.25, 0.3) is 0 Å². The molecule has 0 bridgehead atoms. The topological polar surface area (TPSA) is 96.9 Å². The molecule has 2 amide bonds. The monoisotopic (exact) mass is 386 g/mol. The average Bonchev–Trinajstić information content (AvgIpc) is 2.73. The molecular weight excluding hydrogens is 360 g/mol. The van der Waals surface area contributed by atoms with E-state index >= 15 is 0 Å². The van der Waals surface area contributed by atoms with E-state index in [1.165, 1.54) is 0 Å². The number of ether oxygens (including phenoxy) is 2. The minimum Gasteiger partial charge on any atom is -0.445 e. The van der Waals surface area contributed by atoms with E-state index < -0.39 is 12.1 Å². The summed E-state index contributed by atoms with van der Waals surface area (Å²) in [4.78, 5) is 24.7. The second kappa shape index (κ2) is 12.5. The smallest absolute Gasteiger partial charge is 0.408 e. The van der Waals surface area contributed by atoms with Crippen LogP contribution in [0.2, 0.25) is 0 Å². The van der Waals surface area contributed by atoms with Crippen molar-refractivity contribution in [3.05, 3.63) is 71.8 Å². The molecule has 0 saturated carbocycles. The fourth-order valence-corrected chi connectivity index (χ4v) is 2.50. The molecule has 3 N–H and O–H groups in total. The molecule has 0 aliphatic carbocycles. The van der Waals surface area contributed by atoms with Crippen molar-refractivity contribution in [3.63, 3.8) is 0 Å². The van der Waals surface area contributed by atoms with E-state index in [4.69, 9.17) is 14.6 Å². The fourth-order valence-electron chi connectivity index (χ4n) is 2.50.